The number of rotatable bonds is 2. The van der Waals surface area contributed by atoms with Crippen LogP contribution in [-0.4, -0.2) is 24.7 Å². The van der Waals surface area contributed by atoms with E-state index in [4.69, 9.17) is 0 Å². The van der Waals surface area contributed by atoms with Gasteiger partial charge in [-0.15, -0.1) is 0 Å². The number of pyridine rings is 1. The van der Waals surface area contributed by atoms with Crippen LogP contribution in [0.2, 0.25) is 0 Å². The van der Waals surface area contributed by atoms with Crippen LogP contribution in [0.5, 0.6) is 0 Å². The zero-order valence-corrected chi connectivity index (χ0v) is 16.1. The van der Waals surface area contributed by atoms with Gasteiger partial charge >= 0.3 is 0 Å². The Balaban J connectivity index is 1.87. The molecule has 6 nitrogen and oxygen atoms in total. The summed E-state index contributed by atoms with van der Waals surface area (Å²) in [5, 5.41) is 14.3. The van der Waals surface area contributed by atoms with Crippen LogP contribution in [0, 0.1) is 17.1 Å². The molecule has 0 saturated carbocycles. The summed E-state index contributed by atoms with van der Waals surface area (Å²) in [5.74, 6) is 0.197. The van der Waals surface area contributed by atoms with Gasteiger partial charge in [-0.25, -0.2) is 9.37 Å². The van der Waals surface area contributed by atoms with E-state index in [0.717, 1.165) is 5.69 Å². The van der Waals surface area contributed by atoms with Gasteiger partial charge in [0.2, 0.25) is 0 Å². The highest BCUT2D eigenvalue weighted by molar-refractivity contribution is 5.83. The number of nitriles is 1. The Bertz CT molecular complexity index is 1240. The predicted molar refractivity (Wildman–Crippen MR) is 105 cm³/mol. The largest absolute Gasteiger partial charge is 0.335 e. The lowest BCUT2D eigenvalue weighted by molar-refractivity contribution is 0.552. The van der Waals surface area contributed by atoms with E-state index in [1.807, 2.05) is 20.8 Å². The molecule has 0 atom stereocenters. The smallest absolute Gasteiger partial charge is 0.158 e. The van der Waals surface area contributed by atoms with Crippen molar-refractivity contribution in [2.24, 2.45) is 7.05 Å². The lowest BCUT2D eigenvalue weighted by atomic mass is 9.89. The molecule has 0 bridgehead atoms. The van der Waals surface area contributed by atoms with E-state index in [1.54, 1.807) is 42.2 Å². The number of fused-ring (bicyclic) bond motifs is 1. The van der Waals surface area contributed by atoms with E-state index in [0.29, 0.717) is 39.4 Å². The maximum Gasteiger partial charge on any atom is 0.158 e. The summed E-state index contributed by atoms with van der Waals surface area (Å²) in [7, 11) is 1.79. The third-order valence-corrected chi connectivity index (χ3v) is 4.61. The number of hydrogen-bond acceptors (Lipinski definition) is 4. The lowest BCUT2D eigenvalue weighted by Crippen LogP contribution is -2.14. The van der Waals surface area contributed by atoms with Crippen LogP contribution in [0.1, 0.15) is 32.0 Å². The van der Waals surface area contributed by atoms with E-state index >= 15 is 0 Å². The molecule has 3 heterocycles. The summed E-state index contributed by atoms with van der Waals surface area (Å²) >= 11 is 0. The fourth-order valence-electron chi connectivity index (χ4n) is 3.26. The number of aromatic nitrogens is 5. The minimum atomic E-state index is -0.335. The van der Waals surface area contributed by atoms with Gasteiger partial charge in [0.25, 0.3) is 0 Å². The molecule has 4 aromatic rings. The van der Waals surface area contributed by atoms with Crippen LogP contribution in [0.3, 0.4) is 0 Å². The fourth-order valence-corrected chi connectivity index (χ4v) is 3.26. The van der Waals surface area contributed by atoms with E-state index < -0.39 is 0 Å². The molecule has 140 valence electrons. The molecular weight excluding hydrogens is 355 g/mol. The first-order chi connectivity index (χ1) is 13.3. The van der Waals surface area contributed by atoms with Crippen LogP contribution in [-0.2, 0) is 12.5 Å². The van der Waals surface area contributed by atoms with Gasteiger partial charge in [0.15, 0.2) is 5.82 Å². The minimum Gasteiger partial charge on any atom is -0.335 e. The first-order valence-corrected chi connectivity index (χ1v) is 8.88. The van der Waals surface area contributed by atoms with Gasteiger partial charge in [0.05, 0.1) is 28.6 Å². The van der Waals surface area contributed by atoms with Crippen molar-refractivity contribution < 1.29 is 4.39 Å². The predicted octanol–water partition coefficient (Wildman–Crippen LogP) is 4.33. The Morgan fingerprint density at radius 1 is 1.21 bits per heavy atom. The third kappa shape index (κ3) is 2.83. The number of benzene rings is 1. The van der Waals surface area contributed by atoms with E-state index in [1.165, 1.54) is 6.07 Å². The molecule has 4 rings (SSSR count). The number of hydrogen-bond donors (Lipinski definition) is 1. The van der Waals surface area contributed by atoms with Gasteiger partial charge in [-0.05, 0) is 18.2 Å². The summed E-state index contributed by atoms with van der Waals surface area (Å²) in [4.78, 5) is 12.2. The number of nitrogens with zero attached hydrogens (tertiary/aromatic N) is 5. The van der Waals surface area contributed by atoms with Crippen LogP contribution < -0.4 is 0 Å². The fraction of sp³-hybridized carbons (Fsp3) is 0.238. The molecule has 0 radical (unpaired) electrons. The van der Waals surface area contributed by atoms with Gasteiger partial charge in [0, 0.05) is 18.0 Å². The summed E-state index contributed by atoms with van der Waals surface area (Å²) < 4.78 is 15.8. The SMILES string of the molecule is Cn1nc(C(C)(C)C)c(C#N)c1-c1nc2cc(-c3ccccc3F)ncc2[nH]1. The number of aryl methyl sites for hydroxylation is 1. The second-order valence-electron chi connectivity index (χ2n) is 7.71. The highest BCUT2D eigenvalue weighted by Crippen LogP contribution is 2.32. The van der Waals surface area contributed by atoms with E-state index in [-0.39, 0.29) is 11.2 Å². The van der Waals surface area contributed by atoms with Crippen molar-refractivity contribution >= 4 is 11.0 Å². The maximum atomic E-state index is 14.1. The molecule has 0 aliphatic heterocycles. The molecule has 0 amide bonds. The van der Waals surface area contributed by atoms with Crippen LogP contribution >= 0.6 is 0 Å². The minimum absolute atomic E-state index is 0.271. The Morgan fingerprint density at radius 2 is 1.96 bits per heavy atom. The molecule has 0 saturated heterocycles. The monoisotopic (exact) mass is 374 g/mol. The summed E-state index contributed by atoms with van der Waals surface area (Å²) in [6, 6.07) is 10.5. The quantitative estimate of drug-likeness (QED) is 0.566. The van der Waals surface area contributed by atoms with Crippen LogP contribution in [0.25, 0.3) is 33.8 Å². The van der Waals surface area contributed by atoms with E-state index in [9.17, 15) is 9.65 Å². The molecule has 0 aliphatic rings. The Morgan fingerprint density at radius 3 is 2.64 bits per heavy atom. The van der Waals surface area contributed by atoms with E-state index in [2.05, 4.69) is 26.1 Å². The molecule has 0 spiro atoms. The Labute approximate surface area is 161 Å². The zero-order valence-electron chi connectivity index (χ0n) is 16.1. The average Bonchev–Trinajstić information content (AvgIpc) is 3.21. The summed E-state index contributed by atoms with van der Waals surface area (Å²) in [6.07, 6.45) is 1.63. The normalized spacial score (nSPS) is 11.7. The molecule has 3 aromatic heterocycles. The van der Waals surface area contributed by atoms with Crippen molar-refractivity contribution in [2.45, 2.75) is 26.2 Å². The first kappa shape index (κ1) is 17.9. The van der Waals surface area contributed by atoms with Gasteiger partial charge in [-0.3, -0.25) is 9.67 Å². The van der Waals surface area contributed by atoms with Crippen molar-refractivity contribution in [3.8, 4) is 28.8 Å². The molecule has 0 unspecified atom stereocenters. The molecule has 28 heavy (non-hydrogen) atoms. The Hall–Kier alpha value is -3.53. The van der Waals surface area contributed by atoms with Gasteiger partial charge in [-0.2, -0.15) is 10.4 Å². The zero-order chi connectivity index (χ0) is 20.1. The number of halogens is 1. The van der Waals surface area contributed by atoms with Crippen LogP contribution in [0.15, 0.2) is 36.5 Å². The maximum absolute atomic E-state index is 14.1. The van der Waals surface area contributed by atoms with Gasteiger partial charge < -0.3 is 4.98 Å². The third-order valence-electron chi connectivity index (χ3n) is 4.61. The standard InChI is InChI=1S/C21H19FN6/c1-21(2,3)19-13(10-23)18(28(4)27-19)20-25-16-9-15(24-11-17(16)26-20)12-7-5-6-8-14(12)22/h5-9,11H,1-4H3,(H,25,26). The molecule has 0 fully saturated rings. The van der Waals surface area contributed by atoms with Crippen molar-refractivity contribution in [3.05, 3.63) is 53.6 Å². The number of aromatic amines is 1. The Kier molecular flexibility index (Phi) is 4.00. The topological polar surface area (TPSA) is 83.2 Å². The second-order valence-corrected chi connectivity index (χ2v) is 7.71. The lowest BCUT2D eigenvalue weighted by Gasteiger charge is -2.15. The van der Waals surface area contributed by atoms with Crippen molar-refractivity contribution in [1.82, 2.24) is 24.7 Å². The molecular formula is C21H19FN6. The van der Waals surface area contributed by atoms with Gasteiger partial charge in [-0.1, -0.05) is 32.9 Å². The van der Waals surface area contributed by atoms with Crippen molar-refractivity contribution in [2.75, 3.05) is 0 Å². The van der Waals surface area contributed by atoms with Crippen molar-refractivity contribution in [1.29, 1.82) is 5.26 Å². The number of nitrogens with one attached hydrogen (secondary N) is 1. The summed E-state index contributed by atoms with van der Waals surface area (Å²) in [6.45, 7) is 6.05. The van der Waals surface area contributed by atoms with Crippen molar-refractivity contribution in [3.63, 3.8) is 0 Å². The molecule has 1 N–H and O–H groups in total. The second kappa shape index (κ2) is 6.27. The highest BCUT2D eigenvalue weighted by atomic mass is 19.1. The number of H-pyrrole nitrogens is 1. The van der Waals surface area contributed by atoms with Gasteiger partial charge in [0.1, 0.15) is 23.1 Å². The van der Waals surface area contributed by atoms with Crippen LogP contribution in [0.4, 0.5) is 4.39 Å². The molecule has 0 aliphatic carbocycles. The first-order valence-electron chi connectivity index (χ1n) is 8.88. The number of imidazole rings is 1. The summed E-state index contributed by atoms with van der Waals surface area (Å²) in [5.41, 5.74) is 3.84. The molecule has 1 aromatic carbocycles. The average molecular weight is 374 g/mol. The molecule has 7 heteroatoms. The highest BCUT2D eigenvalue weighted by Gasteiger charge is 2.28.